The lowest BCUT2D eigenvalue weighted by atomic mass is 9.80. The Hall–Kier alpha value is -8.98. The van der Waals surface area contributed by atoms with Gasteiger partial charge in [-0.1, -0.05) is 190 Å². The minimum atomic E-state index is -0.166. The molecule has 0 radical (unpaired) electrons. The lowest BCUT2D eigenvalue weighted by Crippen LogP contribution is -2.14. The summed E-state index contributed by atoms with van der Waals surface area (Å²) in [5.41, 5.74) is 19.6. The van der Waals surface area contributed by atoms with E-state index in [4.69, 9.17) is 0 Å². The Morgan fingerprint density at radius 3 is 1.30 bits per heavy atom. The Labute approximate surface area is 411 Å². The molecule has 15 rings (SSSR count). The van der Waals surface area contributed by atoms with E-state index >= 15 is 0 Å². The first-order chi connectivity index (χ1) is 35.0. The summed E-state index contributed by atoms with van der Waals surface area (Å²) in [6.07, 6.45) is 0. The molecule has 0 saturated carbocycles. The van der Waals surface area contributed by atoms with Crippen molar-refractivity contribution in [3.8, 4) is 55.9 Å². The Bertz CT molecular complexity index is 4440. The zero-order valence-electron chi connectivity index (χ0n) is 39.5. The van der Waals surface area contributed by atoms with Crippen molar-refractivity contribution in [1.29, 1.82) is 0 Å². The highest BCUT2D eigenvalue weighted by Gasteiger charge is 2.36. The average molecular weight is 903 g/mol. The van der Waals surface area contributed by atoms with Gasteiger partial charge in [-0.2, -0.15) is 0 Å². The van der Waals surface area contributed by atoms with Crippen molar-refractivity contribution in [3.05, 3.63) is 254 Å². The van der Waals surface area contributed by atoms with Crippen LogP contribution in [-0.2, 0) is 5.41 Å². The predicted molar refractivity (Wildman–Crippen MR) is 302 cm³/mol. The molecule has 0 fully saturated rings. The molecular formula is C69H46N2. The molecule has 1 aliphatic carbocycles. The highest BCUT2D eigenvalue weighted by Crippen LogP contribution is 2.53. The molecule has 0 N–H and O–H groups in total. The van der Waals surface area contributed by atoms with Crippen molar-refractivity contribution in [2.45, 2.75) is 19.3 Å². The number of rotatable bonds is 5. The highest BCUT2D eigenvalue weighted by atomic mass is 15.0. The minimum Gasteiger partial charge on any atom is -0.309 e. The van der Waals surface area contributed by atoms with Gasteiger partial charge in [0, 0.05) is 38.3 Å². The third kappa shape index (κ3) is 5.76. The third-order valence-corrected chi connectivity index (χ3v) is 15.9. The van der Waals surface area contributed by atoms with Gasteiger partial charge >= 0.3 is 0 Å². The summed E-state index contributed by atoms with van der Waals surface area (Å²) in [5.74, 6) is 0. The molecule has 12 aromatic carbocycles. The molecule has 2 heterocycles. The van der Waals surface area contributed by atoms with Crippen molar-refractivity contribution < 1.29 is 0 Å². The molecule has 0 atom stereocenters. The van der Waals surface area contributed by atoms with Crippen molar-refractivity contribution in [2.24, 2.45) is 0 Å². The van der Waals surface area contributed by atoms with E-state index in [0.29, 0.717) is 0 Å². The Balaban J connectivity index is 1.12. The maximum Gasteiger partial charge on any atom is 0.0541 e. The summed E-state index contributed by atoms with van der Waals surface area (Å²) in [5, 5.41) is 12.3. The minimum absolute atomic E-state index is 0.166. The number of nitrogens with zero attached hydrogens (tertiary/aromatic N) is 2. The van der Waals surface area contributed by atoms with Gasteiger partial charge < -0.3 is 9.13 Å². The van der Waals surface area contributed by atoms with Crippen molar-refractivity contribution >= 4 is 75.9 Å². The molecule has 1 aliphatic rings. The number of aromatic nitrogens is 2. The molecule has 2 aromatic heterocycles. The number of para-hydroxylation sites is 4. The van der Waals surface area contributed by atoms with Crippen molar-refractivity contribution in [2.75, 3.05) is 0 Å². The van der Waals surface area contributed by atoms with E-state index in [9.17, 15) is 0 Å². The van der Waals surface area contributed by atoms with Gasteiger partial charge in [-0.05, 0) is 155 Å². The van der Waals surface area contributed by atoms with E-state index in [2.05, 4.69) is 266 Å². The third-order valence-electron chi connectivity index (χ3n) is 15.9. The first-order valence-electron chi connectivity index (χ1n) is 24.8. The van der Waals surface area contributed by atoms with E-state index in [1.807, 2.05) is 0 Å². The number of benzene rings is 12. The summed E-state index contributed by atoms with van der Waals surface area (Å²) in [6.45, 7) is 4.79. The van der Waals surface area contributed by atoms with E-state index in [-0.39, 0.29) is 5.41 Å². The van der Waals surface area contributed by atoms with Crippen LogP contribution in [0.2, 0.25) is 0 Å². The lowest BCUT2D eigenvalue weighted by molar-refractivity contribution is 0.660. The summed E-state index contributed by atoms with van der Waals surface area (Å²) >= 11 is 0. The summed E-state index contributed by atoms with van der Waals surface area (Å²) in [7, 11) is 0. The van der Waals surface area contributed by atoms with Gasteiger partial charge in [0.1, 0.15) is 0 Å². The van der Waals surface area contributed by atoms with Crippen LogP contribution >= 0.6 is 0 Å². The predicted octanol–water partition coefficient (Wildman–Crippen LogP) is 18.6. The van der Waals surface area contributed by atoms with Crippen LogP contribution in [0.1, 0.15) is 25.0 Å². The van der Waals surface area contributed by atoms with Crippen molar-refractivity contribution in [3.63, 3.8) is 0 Å². The van der Waals surface area contributed by atoms with Gasteiger partial charge in [-0.3, -0.25) is 0 Å². The Morgan fingerprint density at radius 1 is 0.268 bits per heavy atom. The van der Waals surface area contributed by atoms with Crippen LogP contribution in [0.3, 0.4) is 0 Å². The monoisotopic (exact) mass is 902 g/mol. The van der Waals surface area contributed by atoms with Crippen LogP contribution in [0.15, 0.2) is 243 Å². The fourth-order valence-corrected chi connectivity index (χ4v) is 12.6. The van der Waals surface area contributed by atoms with Gasteiger partial charge in [0.2, 0.25) is 0 Å². The summed E-state index contributed by atoms with van der Waals surface area (Å²) in [4.78, 5) is 0. The van der Waals surface area contributed by atoms with Gasteiger partial charge in [0.15, 0.2) is 0 Å². The van der Waals surface area contributed by atoms with Gasteiger partial charge in [0.05, 0.1) is 22.1 Å². The zero-order chi connectivity index (χ0) is 47.0. The van der Waals surface area contributed by atoms with Crippen LogP contribution in [0, 0.1) is 0 Å². The van der Waals surface area contributed by atoms with E-state index in [1.165, 1.54) is 132 Å². The van der Waals surface area contributed by atoms with Gasteiger partial charge in [-0.25, -0.2) is 0 Å². The van der Waals surface area contributed by atoms with E-state index in [1.54, 1.807) is 0 Å². The van der Waals surface area contributed by atoms with Gasteiger partial charge in [0.25, 0.3) is 0 Å². The fourth-order valence-electron chi connectivity index (χ4n) is 12.6. The zero-order valence-corrected chi connectivity index (χ0v) is 39.5. The van der Waals surface area contributed by atoms with Crippen molar-refractivity contribution in [1.82, 2.24) is 9.13 Å². The van der Waals surface area contributed by atoms with E-state index in [0.717, 1.165) is 11.4 Å². The number of fused-ring (bicyclic) bond motifs is 12. The first kappa shape index (κ1) is 40.0. The van der Waals surface area contributed by atoms with Crippen LogP contribution in [-0.4, -0.2) is 9.13 Å². The quantitative estimate of drug-likeness (QED) is 0.152. The maximum absolute atomic E-state index is 2.52. The standard InChI is InChI=1S/C69H46N2/c1-69(2)61-27-13-8-22-49(61)50-35-32-46(40-62(50)69)67-55-36-33-48(71-65-30-16-11-25-53(65)54-26-12-17-31-66(54)71)42-60(55)68(58-39-45-21-7-6-20-44(45)38-57(58)43-18-4-3-5-19-43)56-37-34-47(41-59(56)67)70-63-28-14-9-23-51(63)52-24-10-15-29-64(52)70/h3-42H,1-2H3. The van der Waals surface area contributed by atoms with Crippen LogP contribution < -0.4 is 0 Å². The lowest BCUT2D eigenvalue weighted by Gasteiger charge is -2.24. The second-order valence-corrected chi connectivity index (χ2v) is 20.0. The van der Waals surface area contributed by atoms with E-state index < -0.39 is 0 Å². The highest BCUT2D eigenvalue weighted by molar-refractivity contribution is 6.24. The average Bonchev–Trinajstić information content (AvgIpc) is 4.02. The molecule has 2 nitrogen and oxygen atoms in total. The Morgan fingerprint density at radius 2 is 0.718 bits per heavy atom. The molecule has 0 unspecified atom stereocenters. The number of hydrogen-bond acceptors (Lipinski definition) is 0. The second kappa shape index (κ2) is 15.0. The molecule has 0 saturated heterocycles. The van der Waals surface area contributed by atoms with Crippen LogP contribution in [0.25, 0.3) is 132 Å². The molecule has 0 bridgehead atoms. The summed E-state index contributed by atoms with van der Waals surface area (Å²) < 4.78 is 4.94. The molecule has 0 aliphatic heterocycles. The normalized spacial score (nSPS) is 13.0. The molecule has 0 spiro atoms. The molecular weight excluding hydrogens is 857 g/mol. The molecule has 0 amide bonds. The topological polar surface area (TPSA) is 9.86 Å². The van der Waals surface area contributed by atoms with Crippen LogP contribution in [0.5, 0.6) is 0 Å². The van der Waals surface area contributed by atoms with Crippen LogP contribution in [0.4, 0.5) is 0 Å². The van der Waals surface area contributed by atoms with Gasteiger partial charge in [-0.15, -0.1) is 0 Å². The second-order valence-electron chi connectivity index (χ2n) is 20.0. The SMILES string of the molecule is CC1(C)c2ccccc2-c2ccc(-c3c4cc(-n5c6ccccc6c6ccccc65)ccc4c(-c4cc5ccccc5cc4-c4ccccc4)c4cc(-n5c6ccccc6c6ccccc65)ccc34)cc21. The first-order valence-corrected chi connectivity index (χ1v) is 24.8. The summed E-state index contributed by atoms with van der Waals surface area (Å²) in [6, 6.07) is 90.9. The molecule has 14 aromatic rings. The Kier molecular flexibility index (Phi) is 8.45. The smallest absolute Gasteiger partial charge is 0.0541 e. The molecule has 2 heteroatoms. The molecule has 332 valence electrons. The number of hydrogen-bond donors (Lipinski definition) is 0. The fraction of sp³-hybridized carbons (Fsp3) is 0.0435. The largest absolute Gasteiger partial charge is 0.309 e. The molecule has 71 heavy (non-hydrogen) atoms. The maximum atomic E-state index is 2.52.